The van der Waals surface area contributed by atoms with Crippen LogP contribution in [0.5, 0.6) is 0 Å². The topological polar surface area (TPSA) is 51.0 Å². The van der Waals surface area contributed by atoms with E-state index in [2.05, 4.69) is 19.7 Å². The first-order valence-corrected chi connectivity index (χ1v) is 7.97. The van der Waals surface area contributed by atoms with Crippen molar-refractivity contribution in [3.63, 3.8) is 0 Å². The summed E-state index contributed by atoms with van der Waals surface area (Å²) in [7, 11) is 0. The number of rotatable bonds is 2. The van der Waals surface area contributed by atoms with E-state index in [1.165, 1.54) is 11.3 Å². The maximum Gasteiger partial charge on any atom is 0.273 e. The molecule has 2 aliphatic heterocycles. The summed E-state index contributed by atoms with van der Waals surface area (Å²) in [6.07, 6.45) is 8.09. The first-order valence-electron chi connectivity index (χ1n) is 7.03. The van der Waals surface area contributed by atoms with E-state index in [0.717, 1.165) is 25.7 Å². The molecule has 2 fully saturated rings. The zero-order valence-electron chi connectivity index (χ0n) is 11.1. The van der Waals surface area contributed by atoms with Crippen molar-refractivity contribution in [1.82, 2.24) is 19.7 Å². The molecule has 1 amide bonds. The predicted molar refractivity (Wildman–Crippen MR) is 75.6 cm³/mol. The van der Waals surface area contributed by atoms with Gasteiger partial charge in [-0.1, -0.05) is 0 Å². The van der Waals surface area contributed by atoms with E-state index in [0.29, 0.717) is 23.8 Å². The quantitative estimate of drug-likeness (QED) is 0.852. The highest BCUT2D eigenvalue weighted by Crippen LogP contribution is 2.41. The van der Waals surface area contributed by atoms with E-state index in [4.69, 9.17) is 0 Å². The van der Waals surface area contributed by atoms with Crippen LogP contribution in [0.2, 0.25) is 0 Å². The average Bonchev–Trinajstić information content (AvgIpc) is 3.18. The van der Waals surface area contributed by atoms with Gasteiger partial charge in [-0.05, 0) is 31.7 Å². The molecule has 0 N–H and O–H groups in total. The smallest absolute Gasteiger partial charge is 0.273 e. The maximum atomic E-state index is 12.6. The summed E-state index contributed by atoms with van der Waals surface area (Å²) in [5.74, 6) is 0.109. The molecule has 0 radical (unpaired) electrons. The Balaban J connectivity index is 1.56. The van der Waals surface area contributed by atoms with E-state index in [1.807, 2.05) is 23.8 Å². The number of thiazole rings is 1. The van der Waals surface area contributed by atoms with Crippen LogP contribution in [0.15, 0.2) is 29.4 Å². The molecule has 20 heavy (non-hydrogen) atoms. The molecular weight excluding hydrogens is 272 g/mol. The average molecular weight is 288 g/mol. The van der Waals surface area contributed by atoms with E-state index in [9.17, 15) is 4.79 Å². The number of piperidine rings is 1. The van der Waals surface area contributed by atoms with Crippen LogP contribution in [0.3, 0.4) is 0 Å². The van der Waals surface area contributed by atoms with Crippen molar-refractivity contribution >= 4 is 17.2 Å². The predicted octanol–water partition coefficient (Wildman–Crippen LogP) is 2.35. The molecule has 6 heteroatoms. The summed E-state index contributed by atoms with van der Waals surface area (Å²) < 4.78 is 2.05. The minimum atomic E-state index is 0.109. The molecule has 2 aromatic rings. The van der Waals surface area contributed by atoms with Crippen molar-refractivity contribution in [3.05, 3.63) is 35.0 Å². The highest BCUT2D eigenvalue weighted by Gasteiger charge is 2.44. The van der Waals surface area contributed by atoms with Crippen LogP contribution >= 0.6 is 11.3 Å². The molecule has 2 aliphatic rings. The number of nitrogens with zero attached hydrogens (tertiary/aromatic N) is 4. The molecule has 0 aliphatic carbocycles. The molecule has 2 aromatic heterocycles. The normalized spacial score (nSPS) is 28.8. The van der Waals surface area contributed by atoms with Gasteiger partial charge in [0.05, 0.1) is 11.6 Å². The number of hydrogen-bond donors (Lipinski definition) is 0. The fourth-order valence-electron chi connectivity index (χ4n) is 3.64. The standard InChI is InChI=1S/C14H16N4OS/c19-14(13-8-20-9-15-13)18-10-2-3-11(18)7-12(6-10)17-5-1-4-16-17/h1,4-5,8-12H,2-3,6-7H2. The van der Waals surface area contributed by atoms with Crippen LogP contribution in [0.1, 0.15) is 42.2 Å². The fourth-order valence-corrected chi connectivity index (χ4v) is 4.17. The summed E-state index contributed by atoms with van der Waals surface area (Å²) in [5.41, 5.74) is 2.33. The summed E-state index contributed by atoms with van der Waals surface area (Å²) >= 11 is 1.48. The molecule has 4 rings (SSSR count). The van der Waals surface area contributed by atoms with E-state index < -0.39 is 0 Å². The van der Waals surface area contributed by atoms with Crippen LogP contribution in [-0.2, 0) is 0 Å². The second-order valence-corrected chi connectivity index (χ2v) is 6.30. The van der Waals surface area contributed by atoms with Gasteiger partial charge < -0.3 is 4.90 Å². The third-order valence-corrected chi connectivity index (χ3v) is 5.08. The Morgan fingerprint density at radius 2 is 2.05 bits per heavy atom. The van der Waals surface area contributed by atoms with Gasteiger partial charge in [0.15, 0.2) is 0 Å². The van der Waals surface area contributed by atoms with Crippen molar-refractivity contribution < 1.29 is 4.79 Å². The third kappa shape index (κ3) is 1.86. The molecule has 2 atom stereocenters. The number of fused-ring (bicyclic) bond motifs is 2. The van der Waals surface area contributed by atoms with Crippen molar-refractivity contribution in [2.45, 2.75) is 43.8 Å². The highest BCUT2D eigenvalue weighted by atomic mass is 32.1. The highest BCUT2D eigenvalue weighted by molar-refractivity contribution is 7.07. The van der Waals surface area contributed by atoms with Gasteiger partial charge in [-0.2, -0.15) is 5.10 Å². The van der Waals surface area contributed by atoms with Crippen LogP contribution < -0.4 is 0 Å². The Hall–Kier alpha value is -1.69. The number of aromatic nitrogens is 3. The lowest BCUT2D eigenvalue weighted by Gasteiger charge is -2.38. The molecule has 2 bridgehead atoms. The Morgan fingerprint density at radius 1 is 1.25 bits per heavy atom. The summed E-state index contributed by atoms with van der Waals surface area (Å²) in [6.45, 7) is 0. The fraction of sp³-hybridized carbons (Fsp3) is 0.500. The first kappa shape index (κ1) is 12.1. The lowest BCUT2D eigenvalue weighted by atomic mass is 9.97. The van der Waals surface area contributed by atoms with E-state index in [-0.39, 0.29) is 5.91 Å². The number of carbonyl (C=O) groups excluding carboxylic acids is 1. The zero-order chi connectivity index (χ0) is 13.5. The first-order chi connectivity index (χ1) is 9.83. The van der Waals surface area contributed by atoms with Gasteiger partial charge in [0, 0.05) is 29.9 Å². The summed E-state index contributed by atoms with van der Waals surface area (Å²) in [4.78, 5) is 18.8. The SMILES string of the molecule is O=C(c1cscn1)N1C2CCC1CC(n1cccn1)C2. The van der Waals surface area contributed by atoms with Crippen molar-refractivity contribution in [2.24, 2.45) is 0 Å². The molecule has 2 unspecified atom stereocenters. The van der Waals surface area contributed by atoms with Crippen LogP contribution in [0.4, 0.5) is 0 Å². The molecule has 0 spiro atoms. The monoisotopic (exact) mass is 288 g/mol. The van der Waals surface area contributed by atoms with E-state index >= 15 is 0 Å². The van der Waals surface area contributed by atoms with Gasteiger partial charge in [0.25, 0.3) is 5.91 Å². The Morgan fingerprint density at radius 3 is 2.65 bits per heavy atom. The minimum absolute atomic E-state index is 0.109. The maximum absolute atomic E-state index is 12.6. The third-order valence-electron chi connectivity index (χ3n) is 4.49. The molecule has 4 heterocycles. The molecule has 0 saturated carbocycles. The number of hydrogen-bond acceptors (Lipinski definition) is 4. The number of amides is 1. The number of carbonyl (C=O) groups is 1. The van der Waals surface area contributed by atoms with Gasteiger partial charge in [0.2, 0.25) is 0 Å². The van der Waals surface area contributed by atoms with Crippen LogP contribution in [0.25, 0.3) is 0 Å². The second-order valence-electron chi connectivity index (χ2n) is 5.58. The van der Waals surface area contributed by atoms with Gasteiger partial charge in [-0.25, -0.2) is 4.98 Å². The molecular formula is C14H16N4OS. The minimum Gasteiger partial charge on any atom is -0.331 e. The Kier molecular flexibility index (Phi) is 2.84. The Labute approximate surface area is 121 Å². The van der Waals surface area contributed by atoms with Crippen molar-refractivity contribution in [2.75, 3.05) is 0 Å². The molecule has 2 saturated heterocycles. The van der Waals surface area contributed by atoms with Crippen LogP contribution in [-0.4, -0.2) is 37.7 Å². The lowest BCUT2D eigenvalue weighted by molar-refractivity contribution is 0.0519. The van der Waals surface area contributed by atoms with Gasteiger partial charge >= 0.3 is 0 Å². The van der Waals surface area contributed by atoms with Crippen molar-refractivity contribution in [3.8, 4) is 0 Å². The van der Waals surface area contributed by atoms with E-state index in [1.54, 1.807) is 5.51 Å². The summed E-state index contributed by atoms with van der Waals surface area (Å²) in [6, 6.07) is 3.09. The summed E-state index contributed by atoms with van der Waals surface area (Å²) in [5, 5.41) is 6.21. The lowest BCUT2D eigenvalue weighted by Crippen LogP contribution is -2.47. The van der Waals surface area contributed by atoms with Gasteiger partial charge in [-0.3, -0.25) is 9.48 Å². The van der Waals surface area contributed by atoms with Gasteiger partial charge in [0.1, 0.15) is 5.69 Å². The Bertz CT molecular complexity index is 581. The zero-order valence-corrected chi connectivity index (χ0v) is 11.9. The van der Waals surface area contributed by atoms with Crippen LogP contribution in [0, 0.1) is 0 Å². The van der Waals surface area contributed by atoms with Crippen molar-refractivity contribution in [1.29, 1.82) is 0 Å². The molecule has 0 aromatic carbocycles. The molecule has 5 nitrogen and oxygen atoms in total. The largest absolute Gasteiger partial charge is 0.331 e. The second kappa shape index (κ2) is 4.70. The van der Waals surface area contributed by atoms with Gasteiger partial charge in [-0.15, -0.1) is 11.3 Å². The molecule has 104 valence electrons.